The van der Waals surface area contributed by atoms with Crippen molar-refractivity contribution in [1.29, 1.82) is 0 Å². The molecule has 0 aliphatic rings. The van der Waals surface area contributed by atoms with Crippen LogP contribution < -0.4 is 16.0 Å². The van der Waals surface area contributed by atoms with Crippen LogP contribution in [0.15, 0.2) is 41.2 Å². The Balaban J connectivity index is 2.47. The molecule has 2 N–H and O–H groups in total. The molecular weight excluding hydrogens is 264 g/mol. The predicted octanol–water partition coefficient (Wildman–Crippen LogP) is 3.15. The topological polar surface area (TPSA) is 57.2 Å². The molecule has 2 rings (SSSR count). The molecule has 0 atom stereocenters. The number of nitrogens with zero attached hydrogens (tertiary/aromatic N) is 1. The Hall–Kier alpha value is -2.23. The van der Waals surface area contributed by atoms with Gasteiger partial charge in [0, 0.05) is 6.54 Å². The van der Waals surface area contributed by atoms with E-state index >= 15 is 0 Å². The minimum atomic E-state index is -0.130. The van der Waals surface area contributed by atoms with E-state index in [4.69, 9.17) is 10.5 Å². The van der Waals surface area contributed by atoms with Gasteiger partial charge in [-0.1, -0.05) is 13.8 Å². The van der Waals surface area contributed by atoms with Gasteiger partial charge in [-0.25, -0.2) is 0 Å². The number of hydrogen-bond acceptors (Lipinski definition) is 3. The van der Waals surface area contributed by atoms with Crippen molar-refractivity contribution in [2.45, 2.75) is 27.3 Å². The van der Waals surface area contributed by atoms with Gasteiger partial charge in [-0.2, -0.15) is 0 Å². The number of anilines is 1. The second-order valence-electron chi connectivity index (χ2n) is 5.44. The number of pyridine rings is 1. The van der Waals surface area contributed by atoms with Gasteiger partial charge in [0.25, 0.3) is 5.56 Å². The van der Waals surface area contributed by atoms with E-state index in [0.29, 0.717) is 19.1 Å². The molecule has 0 unspecified atom stereocenters. The second-order valence-corrected chi connectivity index (χ2v) is 5.44. The molecule has 0 aliphatic carbocycles. The second kappa shape index (κ2) is 6.48. The lowest BCUT2D eigenvalue weighted by Crippen LogP contribution is -2.26. The number of benzene rings is 1. The van der Waals surface area contributed by atoms with Crippen molar-refractivity contribution in [3.8, 4) is 17.0 Å². The van der Waals surface area contributed by atoms with Gasteiger partial charge >= 0.3 is 0 Å². The van der Waals surface area contributed by atoms with Crippen molar-refractivity contribution in [2.24, 2.45) is 5.92 Å². The summed E-state index contributed by atoms with van der Waals surface area (Å²) >= 11 is 0. The highest BCUT2D eigenvalue weighted by Gasteiger charge is 2.10. The zero-order valence-corrected chi connectivity index (χ0v) is 12.8. The van der Waals surface area contributed by atoms with Crippen LogP contribution in [-0.4, -0.2) is 11.2 Å². The van der Waals surface area contributed by atoms with Gasteiger partial charge in [0.15, 0.2) is 0 Å². The third-order valence-electron chi connectivity index (χ3n) is 3.21. The molecule has 112 valence electrons. The van der Waals surface area contributed by atoms with E-state index in [1.807, 2.05) is 37.3 Å². The van der Waals surface area contributed by atoms with E-state index in [9.17, 15) is 4.79 Å². The average molecular weight is 286 g/mol. The first-order chi connectivity index (χ1) is 10.0. The van der Waals surface area contributed by atoms with E-state index < -0.39 is 0 Å². The molecule has 0 fully saturated rings. The van der Waals surface area contributed by atoms with Crippen molar-refractivity contribution >= 4 is 5.69 Å². The summed E-state index contributed by atoms with van der Waals surface area (Å²) in [5.41, 5.74) is 7.77. The van der Waals surface area contributed by atoms with Gasteiger partial charge in [0.05, 0.1) is 18.0 Å². The lowest BCUT2D eigenvalue weighted by molar-refractivity contribution is 0.340. The summed E-state index contributed by atoms with van der Waals surface area (Å²) in [4.78, 5) is 12.3. The Bertz CT molecular complexity index is 657. The van der Waals surface area contributed by atoms with Crippen molar-refractivity contribution in [3.05, 3.63) is 46.8 Å². The van der Waals surface area contributed by atoms with Crippen molar-refractivity contribution < 1.29 is 4.74 Å². The highest BCUT2D eigenvalue weighted by Crippen LogP contribution is 2.23. The quantitative estimate of drug-likeness (QED) is 0.918. The normalized spacial score (nSPS) is 10.9. The van der Waals surface area contributed by atoms with Crippen LogP contribution in [0.25, 0.3) is 11.3 Å². The maximum absolute atomic E-state index is 12.3. The molecule has 1 aromatic carbocycles. The summed E-state index contributed by atoms with van der Waals surface area (Å²) < 4.78 is 7.19. The highest BCUT2D eigenvalue weighted by atomic mass is 16.5. The Morgan fingerprint density at radius 1 is 1.14 bits per heavy atom. The van der Waals surface area contributed by atoms with Crippen LogP contribution in [0.3, 0.4) is 0 Å². The molecule has 2 aromatic rings. The van der Waals surface area contributed by atoms with E-state index in [1.54, 1.807) is 10.6 Å². The molecule has 21 heavy (non-hydrogen) atoms. The largest absolute Gasteiger partial charge is 0.494 e. The molecule has 0 radical (unpaired) electrons. The van der Waals surface area contributed by atoms with Gasteiger partial charge in [-0.05, 0) is 54.8 Å². The SMILES string of the molecule is CCOc1ccc(-c2ccc(N)c(=O)n2CC(C)C)cc1. The molecular formula is C17H22N2O2. The molecule has 0 saturated carbocycles. The van der Waals surface area contributed by atoms with Gasteiger partial charge in [0.1, 0.15) is 5.75 Å². The van der Waals surface area contributed by atoms with Crippen molar-refractivity contribution in [3.63, 3.8) is 0 Å². The van der Waals surface area contributed by atoms with E-state index in [1.165, 1.54) is 0 Å². The molecule has 4 nitrogen and oxygen atoms in total. The maximum atomic E-state index is 12.3. The Morgan fingerprint density at radius 3 is 2.38 bits per heavy atom. The van der Waals surface area contributed by atoms with Crippen LogP contribution in [0.5, 0.6) is 5.75 Å². The maximum Gasteiger partial charge on any atom is 0.274 e. The summed E-state index contributed by atoms with van der Waals surface area (Å²) in [5.74, 6) is 1.19. The van der Waals surface area contributed by atoms with Gasteiger partial charge in [-0.15, -0.1) is 0 Å². The Labute approximate surface area is 125 Å². The lowest BCUT2D eigenvalue weighted by Gasteiger charge is -2.16. The number of nitrogens with two attached hydrogens (primary N) is 1. The first-order valence-electron chi connectivity index (χ1n) is 7.25. The fraction of sp³-hybridized carbons (Fsp3) is 0.353. The molecule has 1 aromatic heterocycles. The average Bonchev–Trinajstić information content (AvgIpc) is 2.45. The van der Waals surface area contributed by atoms with Crippen molar-refractivity contribution in [1.82, 2.24) is 4.57 Å². The number of ether oxygens (including phenoxy) is 1. The molecule has 0 bridgehead atoms. The predicted molar refractivity (Wildman–Crippen MR) is 86.6 cm³/mol. The van der Waals surface area contributed by atoms with Crippen molar-refractivity contribution in [2.75, 3.05) is 12.3 Å². The lowest BCUT2D eigenvalue weighted by atomic mass is 10.1. The first kappa shape index (κ1) is 15.2. The van der Waals surface area contributed by atoms with Crippen LogP contribution in [0.2, 0.25) is 0 Å². The third kappa shape index (κ3) is 3.45. The minimum Gasteiger partial charge on any atom is -0.494 e. The standard InChI is InChI=1S/C17H22N2O2/c1-4-21-14-7-5-13(6-8-14)16-10-9-15(18)17(20)19(16)11-12(2)3/h5-10,12H,4,11,18H2,1-3H3. The first-order valence-corrected chi connectivity index (χ1v) is 7.25. The third-order valence-corrected chi connectivity index (χ3v) is 3.21. The molecule has 0 aliphatic heterocycles. The van der Waals surface area contributed by atoms with E-state index in [0.717, 1.165) is 17.0 Å². The molecule has 4 heteroatoms. The van der Waals surface area contributed by atoms with Gasteiger partial charge < -0.3 is 15.0 Å². The smallest absolute Gasteiger partial charge is 0.274 e. The van der Waals surface area contributed by atoms with Crippen LogP contribution in [0.4, 0.5) is 5.69 Å². The van der Waals surface area contributed by atoms with Crippen LogP contribution >= 0.6 is 0 Å². The van der Waals surface area contributed by atoms with Crippen LogP contribution in [0.1, 0.15) is 20.8 Å². The summed E-state index contributed by atoms with van der Waals surface area (Å²) in [6.45, 7) is 7.40. The Morgan fingerprint density at radius 2 is 1.81 bits per heavy atom. The van der Waals surface area contributed by atoms with E-state index in [2.05, 4.69) is 13.8 Å². The molecule has 1 heterocycles. The fourth-order valence-electron chi connectivity index (χ4n) is 2.28. The molecule has 0 saturated heterocycles. The van der Waals surface area contributed by atoms with Crippen LogP contribution in [0, 0.1) is 5.92 Å². The van der Waals surface area contributed by atoms with Gasteiger partial charge in [-0.3, -0.25) is 4.79 Å². The summed E-state index contributed by atoms with van der Waals surface area (Å²) in [6.07, 6.45) is 0. The van der Waals surface area contributed by atoms with E-state index in [-0.39, 0.29) is 11.2 Å². The zero-order valence-electron chi connectivity index (χ0n) is 12.8. The monoisotopic (exact) mass is 286 g/mol. The van der Waals surface area contributed by atoms with Crippen LogP contribution in [-0.2, 0) is 6.54 Å². The molecule has 0 spiro atoms. The number of hydrogen-bond donors (Lipinski definition) is 1. The number of aromatic nitrogens is 1. The Kier molecular flexibility index (Phi) is 4.68. The minimum absolute atomic E-state index is 0.130. The van der Waals surface area contributed by atoms with Gasteiger partial charge in [0.2, 0.25) is 0 Å². The number of rotatable bonds is 5. The summed E-state index contributed by atoms with van der Waals surface area (Å²) in [6, 6.07) is 11.3. The highest BCUT2D eigenvalue weighted by molar-refractivity contribution is 5.62. The zero-order chi connectivity index (χ0) is 15.4. The summed E-state index contributed by atoms with van der Waals surface area (Å²) in [5, 5.41) is 0. The summed E-state index contributed by atoms with van der Waals surface area (Å²) in [7, 11) is 0. The molecule has 0 amide bonds. The fourth-order valence-corrected chi connectivity index (χ4v) is 2.28. The number of nitrogen functional groups attached to an aromatic ring is 1.